The molecule has 0 saturated heterocycles. The Balaban J connectivity index is 1.47. The molecule has 0 N–H and O–H groups in total. The van der Waals surface area contributed by atoms with Gasteiger partial charge in [0.15, 0.2) is 0 Å². The molecule has 3 aromatic carbocycles. The Morgan fingerprint density at radius 2 is 1.55 bits per heavy atom. The van der Waals surface area contributed by atoms with Crippen LogP contribution in [0.2, 0.25) is 0 Å². The first kappa shape index (κ1) is 20.9. The summed E-state index contributed by atoms with van der Waals surface area (Å²) < 4.78 is 5.49. The second-order valence-corrected chi connectivity index (χ2v) is 8.00. The molecule has 33 heavy (non-hydrogen) atoms. The van der Waals surface area contributed by atoms with Crippen molar-refractivity contribution in [2.45, 2.75) is 32.7 Å². The summed E-state index contributed by atoms with van der Waals surface area (Å²) in [6.45, 7) is 4.36. The van der Waals surface area contributed by atoms with Gasteiger partial charge in [-0.3, -0.25) is 9.69 Å². The average molecular weight is 440 g/mol. The van der Waals surface area contributed by atoms with E-state index in [1.165, 1.54) is 4.80 Å². The van der Waals surface area contributed by atoms with Gasteiger partial charge in [0, 0.05) is 5.56 Å². The fourth-order valence-corrected chi connectivity index (χ4v) is 4.17. The first-order chi connectivity index (χ1) is 16.2. The summed E-state index contributed by atoms with van der Waals surface area (Å²) >= 11 is 0. The minimum absolute atomic E-state index is 0.104. The number of carbonyl (C=O) groups is 1. The van der Waals surface area contributed by atoms with Crippen molar-refractivity contribution in [1.29, 1.82) is 0 Å². The van der Waals surface area contributed by atoms with Crippen LogP contribution in [0.15, 0.2) is 72.8 Å². The number of rotatable bonds is 5. The topological polar surface area (TPSA) is 73.1 Å². The molecule has 7 nitrogen and oxygen atoms in total. The maximum absolute atomic E-state index is 13.8. The molecule has 0 saturated carbocycles. The van der Waals surface area contributed by atoms with E-state index in [2.05, 4.69) is 27.5 Å². The van der Waals surface area contributed by atoms with Crippen molar-refractivity contribution in [3.8, 4) is 17.1 Å². The van der Waals surface area contributed by atoms with E-state index in [1.54, 1.807) is 0 Å². The second-order valence-electron chi connectivity index (χ2n) is 8.00. The van der Waals surface area contributed by atoms with Crippen LogP contribution in [-0.4, -0.2) is 32.7 Å². The quantitative estimate of drug-likeness (QED) is 0.448. The van der Waals surface area contributed by atoms with Crippen LogP contribution in [0.4, 0.5) is 11.4 Å². The lowest BCUT2D eigenvalue weighted by atomic mass is 10.0. The van der Waals surface area contributed by atoms with Crippen LogP contribution >= 0.6 is 0 Å². The lowest BCUT2D eigenvalue weighted by Gasteiger charge is -2.27. The molecular formula is C26H25N5O2. The first-order valence-electron chi connectivity index (χ1n) is 11.2. The predicted octanol–water partition coefficient (Wildman–Crippen LogP) is 4.76. The standard InChI is InChI=1S/C26H25N5O2/c1-3-33-22-16-14-21(15-17-22)25-27-29-31(28-25)18(2)26(32)30-23-10-6-4-8-19(23)12-13-20-9-5-7-11-24(20)30/h4-11,14-18H,3,12-13H2,1-2H3. The van der Waals surface area contributed by atoms with Crippen molar-refractivity contribution >= 4 is 17.3 Å². The van der Waals surface area contributed by atoms with Crippen LogP contribution in [0, 0.1) is 0 Å². The summed E-state index contributed by atoms with van der Waals surface area (Å²) in [5.41, 5.74) is 4.93. The molecule has 4 aromatic rings. The molecule has 1 aromatic heterocycles. The van der Waals surface area contributed by atoms with Gasteiger partial charge in [0.2, 0.25) is 5.82 Å². The summed E-state index contributed by atoms with van der Waals surface area (Å²) in [7, 11) is 0. The molecular weight excluding hydrogens is 414 g/mol. The Bertz CT molecular complexity index is 1230. The number of amides is 1. The van der Waals surface area contributed by atoms with Crippen molar-refractivity contribution in [3.05, 3.63) is 83.9 Å². The van der Waals surface area contributed by atoms with Crippen LogP contribution < -0.4 is 9.64 Å². The smallest absolute Gasteiger partial charge is 0.258 e. The minimum atomic E-state index is -0.631. The first-order valence-corrected chi connectivity index (χ1v) is 11.2. The van der Waals surface area contributed by atoms with E-state index < -0.39 is 6.04 Å². The third-order valence-electron chi connectivity index (χ3n) is 5.90. The largest absolute Gasteiger partial charge is 0.494 e. The molecule has 0 radical (unpaired) electrons. The van der Waals surface area contributed by atoms with Gasteiger partial charge in [-0.25, -0.2) is 0 Å². The van der Waals surface area contributed by atoms with Crippen LogP contribution in [-0.2, 0) is 17.6 Å². The number of para-hydroxylation sites is 2. The van der Waals surface area contributed by atoms with Crippen LogP contribution in [0.5, 0.6) is 5.75 Å². The van der Waals surface area contributed by atoms with Gasteiger partial charge in [-0.15, -0.1) is 10.2 Å². The SMILES string of the molecule is CCOc1ccc(-c2nnn(C(C)C(=O)N3c4ccccc4CCc4ccccc43)n2)cc1. The Labute approximate surface area is 192 Å². The van der Waals surface area contributed by atoms with E-state index in [4.69, 9.17) is 4.74 Å². The van der Waals surface area contributed by atoms with Crippen LogP contribution in [0.1, 0.15) is 31.0 Å². The zero-order valence-electron chi connectivity index (χ0n) is 18.7. The number of carbonyl (C=O) groups excluding carboxylic acids is 1. The molecule has 5 rings (SSSR count). The number of fused-ring (bicyclic) bond motifs is 2. The maximum atomic E-state index is 13.8. The Morgan fingerprint density at radius 1 is 0.939 bits per heavy atom. The number of tetrazole rings is 1. The molecule has 1 aliphatic rings. The molecule has 0 spiro atoms. The number of nitrogens with zero attached hydrogens (tertiary/aromatic N) is 5. The minimum Gasteiger partial charge on any atom is -0.494 e. The highest BCUT2D eigenvalue weighted by Crippen LogP contribution is 2.37. The van der Waals surface area contributed by atoms with E-state index in [0.717, 1.165) is 46.7 Å². The highest BCUT2D eigenvalue weighted by atomic mass is 16.5. The predicted molar refractivity (Wildman–Crippen MR) is 127 cm³/mol. The summed E-state index contributed by atoms with van der Waals surface area (Å²) in [5.74, 6) is 1.15. The number of hydrogen-bond acceptors (Lipinski definition) is 5. The van der Waals surface area contributed by atoms with Crippen molar-refractivity contribution in [3.63, 3.8) is 0 Å². The van der Waals surface area contributed by atoms with Gasteiger partial charge < -0.3 is 4.74 Å². The molecule has 1 aliphatic heterocycles. The molecule has 0 bridgehead atoms. The Hall–Kier alpha value is -4.00. The van der Waals surface area contributed by atoms with E-state index in [0.29, 0.717) is 12.4 Å². The van der Waals surface area contributed by atoms with Gasteiger partial charge in [-0.2, -0.15) is 4.80 Å². The lowest BCUT2D eigenvalue weighted by Crippen LogP contribution is -2.34. The van der Waals surface area contributed by atoms with Gasteiger partial charge in [0.1, 0.15) is 11.8 Å². The average Bonchev–Trinajstić information content (AvgIpc) is 3.28. The third kappa shape index (κ3) is 3.98. The number of benzene rings is 3. The third-order valence-corrected chi connectivity index (χ3v) is 5.90. The van der Waals surface area contributed by atoms with E-state index in [9.17, 15) is 4.79 Å². The summed E-state index contributed by atoms with van der Waals surface area (Å²) in [6, 6.07) is 23.0. The molecule has 1 amide bonds. The molecule has 2 heterocycles. The van der Waals surface area contributed by atoms with Crippen molar-refractivity contribution in [1.82, 2.24) is 20.2 Å². The second kappa shape index (κ2) is 8.86. The molecule has 7 heteroatoms. The maximum Gasteiger partial charge on any atom is 0.258 e. The molecule has 1 atom stereocenters. The fourth-order valence-electron chi connectivity index (χ4n) is 4.17. The molecule has 0 fully saturated rings. The van der Waals surface area contributed by atoms with Crippen molar-refractivity contribution < 1.29 is 9.53 Å². The van der Waals surface area contributed by atoms with E-state index in [-0.39, 0.29) is 5.91 Å². The van der Waals surface area contributed by atoms with Gasteiger partial charge in [0.25, 0.3) is 5.91 Å². The van der Waals surface area contributed by atoms with E-state index >= 15 is 0 Å². The van der Waals surface area contributed by atoms with Crippen molar-refractivity contribution in [2.24, 2.45) is 0 Å². The molecule has 0 aliphatic carbocycles. The molecule has 166 valence electrons. The zero-order chi connectivity index (χ0) is 22.8. The monoisotopic (exact) mass is 439 g/mol. The van der Waals surface area contributed by atoms with Gasteiger partial charge in [0.05, 0.1) is 18.0 Å². The zero-order valence-corrected chi connectivity index (χ0v) is 18.7. The number of aryl methyl sites for hydroxylation is 2. The van der Waals surface area contributed by atoms with Gasteiger partial charge in [-0.1, -0.05) is 36.4 Å². The Kier molecular flexibility index (Phi) is 5.60. The summed E-state index contributed by atoms with van der Waals surface area (Å²) in [6.07, 6.45) is 1.77. The van der Waals surface area contributed by atoms with Gasteiger partial charge in [-0.05, 0) is 79.4 Å². The highest BCUT2D eigenvalue weighted by molar-refractivity contribution is 6.04. The number of anilines is 2. The van der Waals surface area contributed by atoms with Crippen molar-refractivity contribution in [2.75, 3.05) is 11.5 Å². The van der Waals surface area contributed by atoms with Crippen LogP contribution in [0.25, 0.3) is 11.4 Å². The highest BCUT2D eigenvalue weighted by Gasteiger charge is 2.31. The lowest BCUT2D eigenvalue weighted by molar-refractivity contribution is -0.121. The normalized spacial score (nSPS) is 13.6. The van der Waals surface area contributed by atoms with Crippen LogP contribution in [0.3, 0.4) is 0 Å². The Morgan fingerprint density at radius 3 is 2.15 bits per heavy atom. The number of ether oxygens (including phenoxy) is 1. The number of aromatic nitrogens is 4. The van der Waals surface area contributed by atoms with Gasteiger partial charge >= 0.3 is 0 Å². The van der Waals surface area contributed by atoms with E-state index in [1.807, 2.05) is 79.4 Å². The molecule has 1 unspecified atom stereocenters. The summed E-state index contributed by atoms with van der Waals surface area (Å²) in [5, 5.41) is 12.9. The fraction of sp³-hybridized carbons (Fsp3) is 0.231. The summed E-state index contributed by atoms with van der Waals surface area (Å²) in [4.78, 5) is 17.0. The number of hydrogen-bond donors (Lipinski definition) is 0.